The number of nitrogens with zero attached hydrogens (tertiary/aromatic N) is 7. The Morgan fingerprint density at radius 2 is 2.06 bits per heavy atom. The van der Waals surface area contributed by atoms with Gasteiger partial charge in [-0.25, -0.2) is 4.40 Å². The Kier molecular flexibility index (Phi) is 1.82. The second-order valence-corrected chi connectivity index (χ2v) is 3.41. The van der Waals surface area contributed by atoms with E-state index in [1.165, 1.54) is 0 Å². The molecule has 0 aliphatic carbocycles. The molecular formula is C8H9N9. The van der Waals surface area contributed by atoms with Crippen molar-refractivity contribution in [2.24, 2.45) is 9.98 Å². The predicted molar refractivity (Wildman–Crippen MR) is 60.9 cm³/mol. The van der Waals surface area contributed by atoms with Gasteiger partial charge in [0.2, 0.25) is 23.6 Å². The second-order valence-electron chi connectivity index (χ2n) is 3.41. The number of nitrogens with one attached hydrogen (secondary N) is 1. The zero-order valence-electron chi connectivity index (χ0n) is 9.21. The van der Waals surface area contributed by atoms with Crippen LogP contribution in [-0.2, 0) is 0 Å². The van der Waals surface area contributed by atoms with Crippen molar-refractivity contribution in [1.29, 1.82) is 0 Å². The minimum atomic E-state index is 0.133. The van der Waals surface area contributed by atoms with E-state index in [9.17, 15) is 0 Å². The monoisotopic (exact) mass is 231 g/mol. The maximum Gasteiger partial charge on any atom is 0.251 e. The van der Waals surface area contributed by atoms with Gasteiger partial charge >= 0.3 is 0 Å². The quantitative estimate of drug-likeness (QED) is 0.607. The number of hydrogen-bond donors (Lipinski definition) is 2. The smallest absolute Gasteiger partial charge is 0.251 e. The third-order valence-corrected chi connectivity index (χ3v) is 2.21. The molecule has 0 fully saturated rings. The molecule has 0 spiro atoms. The number of rotatable bonds is 0. The molecule has 2 aromatic heterocycles. The van der Waals surface area contributed by atoms with Gasteiger partial charge in [0, 0.05) is 7.05 Å². The largest absolute Gasteiger partial charge is 0.368 e. The van der Waals surface area contributed by atoms with E-state index in [-0.39, 0.29) is 5.95 Å². The lowest BCUT2D eigenvalue weighted by Crippen LogP contribution is -2.24. The highest BCUT2D eigenvalue weighted by molar-refractivity contribution is 5.95. The van der Waals surface area contributed by atoms with Crippen molar-refractivity contribution in [1.82, 2.24) is 24.3 Å². The Hall–Kier alpha value is -2.58. The number of nitrogen functional groups attached to an aromatic ring is 1. The molecule has 1 aliphatic heterocycles. The molecule has 1 aliphatic rings. The van der Waals surface area contributed by atoms with E-state index in [2.05, 4.69) is 35.2 Å². The number of hydrogen-bond acceptors (Lipinski definition) is 8. The van der Waals surface area contributed by atoms with Crippen molar-refractivity contribution < 1.29 is 0 Å². The second kappa shape index (κ2) is 3.20. The molecule has 2 aromatic rings. The first-order valence-electron chi connectivity index (χ1n) is 4.87. The Morgan fingerprint density at radius 3 is 2.82 bits per heavy atom. The van der Waals surface area contributed by atoms with Crippen LogP contribution in [0.15, 0.2) is 9.98 Å². The van der Waals surface area contributed by atoms with Crippen LogP contribution in [0.25, 0.3) is 5.78 Å². The molecule has 0 radical (unpaired) electrons. The third kappa shape index (κ3) is 1.40. The standard InChI is InChI=1S/C8H9N9/c1-3-11-6-13-4(9)14-8-16-5(10-2)15-7(12-3)17(6)8/h1-2H3,(H3,9,10,11,12,13,14,15,16). The van der Waals surface area contributed by atoms with Crippen LogP contribution in [0.5, 0.6) is 0 Å². The summed E-state index contributed by atoms with van der Waals surface area (Å²) < 4.78 is 1.58. The van der Waals surface area contributed by atoms with Gasteiger partial charge in [0.25, 0.3) is 5.62 Å². The van der Waals surface area contributed by atoms with E-state index >= 15 is 0 Å². The summed E-state index contributed by atoms with van der Waals surface area (Å²) in [6.45, 7) is 1.80. The first kappa shape index (κ1) is 9.63. The lowest BCUT2D eigenvalue weighted by Gasteiger charge is -2.15. The summed E-state index contributed by atoms with van der Waals surface area (Å²) in [5.41, 5.74) is 5.91. The highest BCUT2D eigenvalue weighted by atomic mass is 15.4. The molecule has 0 saturated carbocycles. The van der Waals surface area contributed by atoms with Gasteiger partial charge in [-0.05, 0) is 6.92 Å². The summed E-state index contributed by atoms with van der Waals surface area (Å²) in [6.07, 6.45) is 0. The highest BCUT2D eigenvalue weighted by Crippen LogP contribution is 2.18. The zero-order valence-corrected chi connectivity index (χ0v) is 9.21. The van der Waals surface area contributed by atoms with Gasteiger partial charge in [0.05, 0.1) is 0 Å². The Labute approximate surface area is 95.2 Å². The van der Waals surface area contributed by atoms with E-state index < -0.39 is 0 Å². The molecule has 0 unspecified atom stereocenters. The molecule has 3 rings (SSSR count). The van der Waals surface area contributed by atoms with Gasteiger partial charge in [0.15, 0.2) is 0 Å². The van der Waals surface area contributed by atoms with E-state index in [1.54, 1.807) is 18.4 Å². The Morgan fingerprint density at radius 1 is 1.24 bits per heavy atom. The first-order valence-corrected chi connectivity index (χ1v) is 4.87. The van der Waals surface area contributed by atoms with Crippen molar-refractivity contribution in [3.63, 3.8) is 0 Å². The SMILES string of the molecule is CN=c1nc2n3c(nc(N)nc3n1)NC(C)=N2. The van der Waals surface area contributed by atoms with Crippen LogP contribution in [0.2, 0.25) is 0 Å². The molecule has 0 saturated heterocycles. The average Bonchev–Trinajstić information content (AvgIpc) is 2.26. The van der Waals surface area contributed by atoms with E-state index in [1.807, 2.05) is 0 Å². The van der Waals surface area contributed by atoms with Gasteiger partial charge in [-0.3, -0.25) is 4.99 Å². The van der Waals surface area contributed by atoms with Crippen LogP contribution in [0.1, 0.15) is 6.92 Å². The average molecular weight is 231 g/mol. The minimum Gasteiger partial charge on any atom is -0.368 e. The lowest BCUT2D eigenvalue weighted by atomic mass is 10.6. The van der Waals surface area contributed by atoms with Gasteiger partial charge in [0.1, 0.15) is 5.84 Å². The first-order chi connectivity index (χ1) is 8.17. The Balaban J connectivity index is 2.52. The Bertz CT molecular complexity index is 711. The van der Waals surface area contributed by atoms with Gasteiger partial charge in [-0.2, -0.15) is 24.9 Å². The van der Waals surface area contributed by atoms with Gasteiger partial charge in [-0.15, -0.1) is 0 Å². The number of anilines is 2. The van der Waals surface area contributed by atoms with Crippen molar-refractivity contribution >= 4 is 29.5 Å². The summed E-state index contributed by atoms with van der Waals surface area (Å²) >= 11 is 0. The molecule has 0 bridgehead atoms. The van der Waals surface area contributed by atoms with E-state index in [4.69, 9.17) is 5.73 Å². The summed E-state index contributed by atoms with van der Waals surface area (Å²) in [4.78, 5) is 24.5. The normalized spacial score (nSPS) is 14.7. The van der Waals surface area contributed by atoms with Crippen molar-refractivity contribution in [2.45, 2.75) is 6.92 Å². The number of aromatic nitrogens is 5. The number of amidine groups is 1. The molecular weight excluding hydrogens is 222 g/mol. The van der Waals surface area contributed by atoms with Crippen LogP contribution < -0.4 is 16.7 Å². The third-order valence-electron chi connectivity index (χ3n) is 2.21. The minimum absolute atomic E-state index is 0.133. The zero-order chi connectivity index (χ0) is 12.0. The predicted octanol–water partition coefficient (Wildman–Crippen LogP) is -0.893. The van der Waals surface area contributed by atoms with Crippen LogP contribution in [0.4, 0.5) is 17.8 Å². The van der Waals surface area contributed by atoms with Gasteiger partial charge in [-0.1, -0.05) is 0 Å². The van der Waals surface area contributed by atoms with Crippen molar-refractivity contribution in [3.8, 4) is 0 Å². The molecule has 9 heteroatoms. The molecule has 0 atom stereocenters. The molecule has 0 aromatic carbocycles. The molecule has 3 heterocycles. The van der Waals surface area contributed by atoms with Crippen molar-refractivity contribution in [3.05, 3.63) is 5.62 Å². The van der Waals surface area contributed by atoms with E-state index in [0.717, 1.165) is 0 Å². The summed E-state index contributed by atoms with van der Waals surface area (Å²) in [5.74, 6) is 2.10. The summed E-state index contributed by atoms with van der Waals surface area (Å²) in [5, 5.41) is 2.97. The summed E-state index contributed by atoms with van der Waals surface area (Å²) in [7, 11) is 1.60. The highest BCUT2D eigenvalue weighted by Gasteiger charge is 2.16. The molecule has 3 N–H and O–H groups in total. The van der Waals surface area contributed by atoms with Gasteiger partial charge < -0.3 is 11.1 Å². The fraction of sp³-hybridized carbons (Fsp3) is 0.250. The maximum atomic E-state index is 5.60. The lowest BCUT2D eigenvalue weighted by molar-refractivity contribution is 0.871. The molecule has 9 nitrogen and oxygen atoms in total. The topological polar surface area (TPSA) is 119 Å². The fourth-order valence-electron chi connectivity index (χ4n) is 1.54. The summed E-state index contributed by atoms with van der Waals surface area (Å²) in [6, 6.07) is 0. The molecule has 0 amide bonds. The van der Waals surface area contributed by atoms with Crippen LogP contribution in [-0.4, -0.2) is 37.2 Å². The number of nitrogens with two attached hydrogens (primary N) is 1. The van der Waals surface area contributed by atoms with Crippen LogP contribution in [0.3, 0.4) is 0 Å². The van der Waals surface area contributed by atoms with Crippen molar-refractivity contribution in [2.75, 3.05) is 18.1 Å². The van der Waals surface area contributed by atoms with E-state index in [0.29, 0.717) is 29.1 Å². The van der Waals surface area contributed by atoms with Crippen LogP contribution in [0, 0.1) is 0 Å². The fourth-order valence-corrected chi connectivity index (χ4v) is 1.54. The maximum absolute atomic E-state index is 5.60. The molecule has 86 valence electrons. The molecule has 17 heavy (non-hydrogen) atoms. The van der Waals surface area contributed by atoms with Crippen LogP contribution >= 0.6 is 0 Å². The number of aliphatic imine (C=N–C) groups is 1.